The standard InChI is InChI=1S/C19H22ClN5O/c1-4-18(26)25-10-12(2)24(3)11-17(25)13-5-14(7-15(20)6-13)19-22-8-16(21)9-23-19/h4-9,12,17H,1,10-11,21H2,2-3H3/t12-,17?/m1/s1. The van der Waals surface area contributed by atoms with Gasteiger partial charge in [-0.25, -0.2) is 9.97 Å². The second-order valence-corrected chi connectivity index (χ2v) is 7.05. The molecule has 0 radical (unpaired) electrons. The number of anilines is 1. The highest BCUT2D eigenvalue weighted by molar-refractivity contribution is 6.31. The average molecular weight is 372 g/mol. The van der Waals surface area contributed by atoms with E-state index >= 15 is 0 Å². The molecule has 1 saturated heterocycles. The zero-order valence-electron chi connectivity index (χ0n) is 14.9. The number of rotatable bonds is 3. The lowest BCUT2D eigenvalue weighted by Crippen LogP contribution is -2.53. The molecule has 26 heavy (non-hydrogen) atoms. The van der Waals surface area contributed by atoms with E-state index in [2.05, 4.69) is 35.4 Å². The highest BCUT2D eigenvalue weighted by Crippen LogP contribution is 2.32. The Morgan fingerprint density at radius 2 is 2.00 bits per heavy atom. The number of benzene rings is 1. The van der Waals surface area contributed by atoms with Crippen molar-refractivity contribution in [1.82, 2.24) is 19.8 Å². The molecule has 1 aliphatic rings. The number of carbonyl (C=O) groups excluding carboxylic acids is 1. The van der Waals surface area contributed by atoms with E-state index in [-0.39, 0.29) is 18.0 Å². The van der Waals surface area contributed by atoms with E-state index in [0.717, 1.165) is 11.1 Å². The molecule has 1 fully saturated rings. The number of amides is 1. The van der Waals surface area contributed by atoms with Crippen molar-refractivity contribution in [3.63, 3.8) is 0 Å². The smallest absolute Gasteiger partial charge is 0.246 e. The second-order valence-electron chi connectivity index (χ2n) is 6.61. The lowest BCUT2D eigenvalue weighted by molar-refractivity contribution is -0.132. The van der Waals surface area contributed by atoms with Gasteiger partial charge in [0.05, 0.1) is 24.1 Å². The number of nitrogens with two attached hydrogens (primary N) is 1. The van der Waals surface area contributed by atoms with E-state index in [1.165, 1.54) is 6.08 Å². The van der Waals surface area contributed by atoms with Gasteiger partial charge in [-0.1, -0.05) is 18.2 Å². The summed E-state index contributed by atoms with van der Waals surface area (Å²) < 4.78 is 0. The number of likely N-dealkylation sites (N-methyl/N-ethyl adjacent to an activating group) is 1. The van der Waals surface area contributed by atoms with Crippen LogP contribution < -0.4 is 5.73 Å². The molecule has 0 aliphatic carbocycles. The normalized spacial score (nSPS) is 20.8. The van der Waals surface area contributed by atoms with Crippen molar-refractivity contribution in [2.75, 3.05) is 25.9 Å². The van der Waals surface area contributed by atoms with E-state index in [0.29, 0.717) is 29.6 Å². The van der Waals surface area contributed by atoms with E-state index in [1.807, 2.05) is 23.1 Å². The van der Waals surface area contributed by atoms with Crippen LogP contribution in [0.3, 0.4) is 0 Å². The summed E-state index contributed by atoms with van der Waals surface area (Å²) in [6, 6.07) is 5.84. The van der Waals surface area contributed by atoms with E-state index in [9.17, 15) is 4.79 Å². The first kappa shape index (κ1) is 18.4. The van der Waals surface area contributed by atoms with Crippen LogP contribution in [0.5, 0.6) is 0 Å². The predicted octanol–water partition coefficient (Wildman–Crippen LogP) is 2.77. The summed E-state index contributed by atoms with van der Waals surface area (Å²) in [6.07, 6.45) is 4.48. The molecule has 1 unspecified atom stereocenters. The molecular weight excluding hydrogens is 350 g/mol. The third kappa shape index (κ3) is 3.71. The molecule has 2 atom stereocenters. The van der Waals surface area contributed by atoms with Crippen LogP contribution in [-0.2, 0) is 4.79 Å². The largest absolute Gasteiger partial charge is 0.396 e. The zero-order chi connectivity index (χ0) is 18.8. The summed E-state index contributed by atoms with van der Waals surface area (Å²) in [6.45, 7) is 7.08. The Labute approximate surface area is 158 Å². The molecule has 2 aromatic rings. The third-order valence-electron chi connectivity index (χ3n) is 4.74. The van der Waals surface area contributed by atoms with E-state index in [1.54, 1.807) is 12.4 Å². The Bertz CT molecular complexity index is 823. The molecule has 0 bridgehead atoms. The van der Waals surface area contributed by atoms with Crippen LogP contribution in [-0.4, -0.2) is 51.9 Å². The molecule has 2 N–H and O–H groups in total. The van der Waals surface area contributed by atoms with Crippen LogP contribution in [0.1, 0.15) is 18.5 Å². The molecule has 0 spiro atoms. The number of aromatic nitrogens is 2. The minimum Gasteiger partial charge on any atom is -0.396 e. The van der Waals surface area contributed by atoms with Gasteiger partial charge in [0, 0.05) is 29.7 Å². The Balaban J connectivity index is 2.02. The Kier molecular flexibility index (Phi) is 5.25. The van der Waals surface area contributed by atoms with Gasteiger partial charge in [0.25, 0.3) is 0 Å². The van der Waals surface area contributed by atoms with Crippen LogP contribution in [0.25, 0.3) is 11.4 Å². The molecule has 6 nitrogen and oxygen atoms in total. The van der Waals surface area contributed by atoms with Gasteiger partial charge in [-0.3, -0.25) is 9.69 Å². The molecule has 1 amide bonds. The van der Waals surface area contributed by atoms with Gasteiger partial charge in [-0.15, -0.1) is 0 Å². The Morgan fingerprint density at radius 3 is 2.65 bits per heavy atom. The van der Waals surface area contributed by atoms with Crippen LogP contribution in [0.15, 0.2) is 43.2 Å². The number of hydrogen-bond acceptors (Lipinski definition) is 5. The molecule has 0 saturated carbocycles. The van der Waals surface area contributed by atoms with Crippen LogP contribution in [0.4, 0.5) is 5.69 Å². The molecule has 3 rings (SSSR count). The maximum Gasteiger partial charge on any atom is 0.246 e. The summed E-state index contributed by atoms with van der Waals surface area (Å²) in [4.78, 5) is 25.0. The summed E-state index contributed by atoms with van der Waals surface area (Å²) in [5.74, 6) is 0.460. The first-order valence-corrected chi connectivity index (χ1v) is 8.78. The van der Waals surface area contributed by atoms with Gasteiger partial charge < -0.3 is 10.6 Å². The lowest BCUT2D eigenvalue weighted by Gasteiger charge is -2.43. The van der Waals surface area contributed by atoms with Crippen molar-refractivity contribution in [1.29, 1.82) is 0 Å². The number of halogens is 1. The predicted molar refractivity (Wildman–Crippen MR) is 104 cm³/mol. The SMILES string of the molecule is C=CC(=O)N1C[C@@H](C)N(C)CC1c1cc(Cl)cc(-c2ncc(N)cn2)c1. The zero-order valence-corrected chi connectivity index (χ0v) is 15.6. The molecule has 2 heterocycles. The fraction of sp³-hybridized carbons (Fsp3) is 0.316. The van der Waals surface area contributed by atoms with Crippen molar-refractivity contribution in [2.45, 2.75) is 19.0 Å². The van der Waals surface area contributed by atoms with Gasteiger partial charge in [0.2, 0.25) is 5.91 Å². The van der Waals surface area contributed by atoms with Gasteiger partial charge >= 0.3 is 0 Å². The van der Waals surface area contributed by atoms with Crippen LogP contribution >= 0.6 is 11.6 Å². The molecule has 1 aliphatic heterocycles. The van der Waals surface area contributed by atoms with Crippen molar-refractivity contribution in [3.8, 4) is 11.4 Å². The van der Waals surface area contributed by atoms with Gasteiger partial charge in [0.15, 0.2) is 5.82 Å². The number of nitrogens with zero attached hydrogens (tertiary/aromatic N) is 4. The summed E-state index contributed by atoms with van der Waals surface area (Å²) in [7, 11) is 2.06. The van der Waals surface area contributed by atoms with Crippen molar-refractivity contribution >= 4 is 23.2 Å². The van der Waals surface area contributed by atoms with Gasteiger partial charge in [-0.05, 0) is 43.8 Å². The minimum absolute atomic E-state index is 0.0831. The summed E-state index contributed by atoms with van der Waals surface area (Å²) in [5, 5.41) is 0.574. The molecule has 7 heteroatoms. The Morgan fingerprint density at radius 1 is 1.31 bits per heavy atom. The topological polar surface area (TPSA) is 75.4 Å². The number of piperazine rings is 1. The van der Waals surface area contributed by atoms with Crippen LogP contribution in [0, 0.1) is 0 Å². The Hall–Kier alpha value is -2.44. The van der Waals surface area contributed by atoms with Gasteiger partial charge in [-0.2, -0.15) is 0 Å². The van der Waals surface area contributed by atoms with Crippen molar-refractivity contribution in [2.24, 2.45) is 0 Å². The van der Waals surface area contributed by atoms with Gasteiger partial charge in [0.1, 0.15) is 0 Å². The first-order chi connectivity index (χ1) is 12.4. The number of nitrogen functional groups attached to an aromatic ring is 1. The maximum absolute atomic E-state index is 12.4. The molecule has 1 aromatic heterocycles. The fourth-order valence-electron chi connectivity index (χ4n) is 3.17. The minimum atomic E-state index is -0.118. The second kappa shape index (κ2) is 7.43. The van der Waals surface area contributed by atoms with Crippen molar-refractivity contribution in [3.05, 3.63) is 53.8 Å². The summed E-state index contributed by atoms with van der Waals surface area (Å²) in [5.41, 5.74) is 7.91. The van der Waals surface area contributed by atoms with E-state index < -0.39 is 0 Å². The molecular formula is C19H22ClN5O. The number of carbonyl (C=O) groups is 1. The average Bonchev–Trinajstić information content (AvgIpc) is 2.63. The van der Waals surface area contributed by atoms with E-state index in [4.69, 9.17) is 17.3 Å². The fourth-order valence-corrected chi connectivity index (χ4v) is 3.41. The highest BCUT2D eigenvalue weighted by Gasteiger charge is 2.33. The maximum atomic E-state index is 12.4. The lowest BCUT2D eigenvalue weighted by atomic mass is 9.98. The third-order valence-corrected chi connectivity index (χ3v) is 4.96. The monoisotopic (exact) mass is 371 g/mol. The number of hydrogen-bond donors (Lipinski definition) is 1. The van der Waals surface area contributed by atoms with Crippen molar-refractivity contribution < 1.29 is 4.79 Å². The molecule has 136 valence electrons. The highest BCUT2D eigenvalue weighted by atomic mass is 35.5. The first-order valence-electron chi connectivity index (χ1n) is 8.40. The van der Waals surface area contributed by atoms with Crippen LogP contribution in [0.2, 0.25) is 5.02 Å². The quantitative estimate of drug-likeness (QED) is 0.839. The molecule has 1 aromatic carbocycles. The summed E-state index contributed by atoms with van der Waals surface area (Å²) >= 11 is 6.36.